The highest BCUT2D eigenvalue weighted by Crippen LogP contribution is 2.17. The van der Waals surface area contributed by atoms with Crippen molar-refractivity contribution in [3.8, 4) is 5.75 Å². The highest BCUT2D eigenvalue weighted by Gasteiger charge is 2.10. The van der Waals surface area contributed by atoms with Gasteiger partial charge in [-0.2, -0.15) is 0 Å². The zero-order valence-electron chi connectivity index (χ0n) is 13.1. The topological polar surface area (TPSA) is 91.6 Å². The number of nitrogens with two attached hydrogens (primary N) is 2. The van der Waals surface area contributed by atoms with Crippen LogP contribution in [-0.2, 0) is 6.54 Å². The number of hydrazine groups is 1. The van der Waals surface area contributed by atoms with Gasteiger partial charge in [0.05, 0.1) is 6.61 Å². The molecule has 6 nitrogen and oxygen atoms in total. The minimum atomic E-state index is -0.122. The predicted molar refractivity (Wildman–Crippen MR) is 88.5 cm³/mol. The molecule has 0 spiro atoms. The average Bonchev–Trinajstić information content (AvgIpc) is 2.52. The largest absolute Gasteiger partial charge is 0.494 e. The van der Waals surface area contributed by atoms with Gasteiger partial charge >= 0.3 is 0 Å². The summed E-state index contributed by atoms with van der Waals surface area (Å²) in [5.74, 6) is 6.31. The third kappa shape index (κ3) is 5.54. The summed E-state index contributed by atoms with van der Waals surface area (Å²) < 4.78 is 5.75. The molecule has 1 heterocycles. The van der Waals surface area contributed by atoms with Crippen molar-refractivity contribution in [3.05, 3.63) is 29.8 Å². The van der Waals surface area contributed by atoms with Crippen molar-refractivity contribution in [1.29, 1.82) is 5.41 Å². The number of piperidine rings is 1. The van der Waals surface area contributed by atoms with Crippen LogP contribution in [0.4, 0.5) is 0 Å². The maximum Gasteiger partial charge on any atom is 0.202 e. The summed E-state index contributed by atoms with van der Waals surface area (Å²) in [5, 5.41) is 8.40. The van der Waals surface area contributed by atoms with E-state index in [-0.39, 0.29) is 5.96 Å². The van der Waals surface area contributed by atoms with Gasteiger partial charge in [0.1, 0.15) is 5.75 Å². The Morgan fingerprint density at radius 2 is 2.05 bits per heavy atom. The van der Waals surface area contributed by atoms with Crippen molar-refractivity contribution < 1.29 is 4.74 Å². The summed E-state index contributed by atoms with van der Waals surface area (Å²) in [6, 6.07) is 8.28. The van der Waals surface area contributed by atoms with Gasteiger partial charge in [-0.1, -0.05) is 18.6 Å². The molecule has 1 aliphatic rings. The third-order valence-electron chi connectivity index (χ3n) is 3.87. The number of likely N-dealkylation sites (tertiary alicyclic amines) is 1. The van der Waals surface area contributed by atoms with Crippen LogP contribution in [0.5, 0.6) is 5.75 Å². The first-order chi connectivity index (χ1) is 10.6. The molecule has 0 amide bonds. The molecule has 1 aromatic carbocycles. The van der Waals surface area contributed by atoms with E-state index in [2.05, 4.69) is 17.0 Å². The maximum absolute atomic E-state index is 7.18. The van der Waals surface area contributed by atoms with Crippen LogP contribution in [0.25, 0.3) is 0 Å². The van der Waals surface area contributed by atoms with Gasteiger partial charge in [-0.15, -0.1) is 0 Å². The summed E-state index contributed by atoms with van der Waals surface area (Å²) in [6.45, 7) is 4.47. The quantitative estimate of drug-likeness (QED) is 0.233. The number of hydrogen-bond donors (Lipinski definition) is 3. The molecular formula is C16H27N5O. The molecule has 6 heteroatoms. The molecule has 0 unspecified atom stereocenters. The fraction of sp³-hybridized carbons (Fsp3) is 0.562. The molecule has 0 atom stereocenters. The van der Waals surface area contributed by atoms with E-state index >= 15 is 0 Å². The second-order valence-electron chi connectivity index (χ2n) is 5.76. The van der Waals surface area contributed by atoms with Crippen LogP contribution in [0.3, 0.4) is 0 Å². The third-order valence-corrected chi connectivity index (χ3v) is 3.87. The summed E-state index contributed by atoms with van der Waals surface area (Å²) in [7, 11) is 0. The van der Waals surface area contributed by atoms with Crippen LogP contribution in [0.1, 0.15) is 31.2 Å². The van der Waals surface area contributed by atoms with Crippen LogP contribution in [-0.4, -0.2) is 42.1 Å². The van der Waals surface area contributed by atoms with Gasteiger partial charge in [-0.3, -0.25) is 15.3 Å². The molecule has 0 aliphatic carbocycles. The Balaban J connectivity index is 1.74. The fourth-order valence-electron chi connectivity index (χ4n) is 2.65. The first kappa shape index (κ1) is 16.6. The van der Waals surface area contributed by atoms with E-state index in [1.807, 2.05) is 12.1 Å². The van der Waals surface area contributed by atoms with Crippen LogP contribution in [0.2, 0.25) is 0 Å². The van der Waals surface area contributed by atoms with E-state index in [1.54, 1.807) is 0 Å². The molecule has 22 heavy (non-hydrogen) atoms. The van der Waals surface area contributed by atoms with Gasteiger partial charge in [0.25, 0.3) is 0 Å². The summed E-state index contributed by atoms with van der Waals surface area (Å²) >= 11 is 0. The van der Waals surface area contributed by atoms with E-state index in [9.17, 15) is 0 Å². The van der Waals surface area contributed by atoms with Crippen molar-refractivity contribution in [2.45, 2.75) is 32.2 Å². The second kappa shape index (κ2) is 8.60. The number of benzene rings is 1. The van der Waals surface area contributed by atoms with Crippen molar-refractivity contribution in [2.24, 2.45) is 11.6 Å². The SMILES string of the molecule is N=C(N)N(N)CCCOc1cccc(CN2CCCCC2)c1. The maximum atomic E-state index is 7.18. The van der Waals surface area contributed by atoms with Crippen LogP contribution < -0.4 is 16.3 Å². The van der Waals surface area contributed by atoms with E-state index in [1.165, 1.54) is 42.9 Å². The molecule has 1 fully saturated rings. The monoisotopic (exact) mass is 305 g/mol. The Morgan fingerprint density at radius 3 is 2.77 bits per heavy atom. The minimum Gasteiger partial charge on any atom is -0.494 e. The molecule has 1 aliphatic heterocycles. The Morgan fingerprint density at radius 1 is 1.27 bits per heavy atom. The van der Waals surface area contributed by atoms with Crippen molar-refractivity contribution >= 4 is 5.96 Å². The first-order valence-corrected chi connectivity index (χ1v) is 7.95. The molecule has 5 N–H and O–H groups in total. The highest BCUT2D eigenvalue weighted by molar-refractivity contribution is 5.73. The number of guanidine groups is 1. The molecule has 0 bridgehead atoms. The lowest BCUT2D eigenvalue weighted by Gasteiger charge is -2.26. The van der Waals surface area contributed by atoms with Gasteiger partial charge < -0.3 is 10.5 Å². The Labute approximate surface area is 132 Å². The Bertz CT molecular complexity index is 473. The van der Waals surface area contributed by atoms with Gasteiger partial charge in [-0.05, 0) is 43.6 Å². The zero-order valence-corrected chi connectivity index (χ0v) is 13.1. The van der Waals surface area contributed by atoms with Gasteiger partial charge in [0, 0.05) is 19.5 Å². The summed E-state index contributed by atoms with van der Waals surface area (Å²) in [6.07, 6.45) is 4.70. The molecular weight excluding hydrogens is 278 g/mol. The van der Waals surface area contributed by atoms with E-state index in [0.717, 1.165) is 18.7 Å². The Kier molecular flexibility index (Phi) is 6.48. The van der Waals surface area contributed by atoms with Crippen molar-refractivity contribution in [2.75, 3.05) is 26.2 Å². The van der Waals surface area contributed by atoms with Crippen molar-refractivity contribution in [1.82, 2.24) is 9.91 Å². The lowest BCUT2D eigenvalue weighted by molar-refractivity contribution is 0.220. The lowest BCUT2D eigenvalue weighted by Crippen LogP contribution is -2.42. The molecule has 0 radical (unpaired) electrons. The normalized spacial score (nSPS) is 15.5. The highest BCUT2D eigenvalue weighted by atomic mass is 16.5. The molecule has 0 aromatic heterocycles. The number of nitrogens with zero attached hydrogens (tertiary/aromatic N) is 2. The van der Waals surface area contributed by atoms with Crippen LogP contribution in [0, 0.1) is 5.41 Å². The second-order valence-corrected chi connectivity index (χ2v) is 5.76. The lowest BCUT2D eigenvalue weighted by atomic mass is 10.1. The van der Waals surface area contributed by atoms with Gasteiger partial charge in [0.15, 0.2) is 0 Å². The smallest absolute Gasteiger partial charge is 0.202 e. The number of rotatable bonds is 7. The average molecular weight is 305 g/mol. The van der Waals surface area contributed by atoms with Gasteiger partial charge in [-0.25, -0.2) is 5.84 Å². The molecule has 2 rings (SSSR count). The van der Waals surface area contributed by atoms with Crippen molar-refractivity contribution in [3.63, 3.8) is 0 Å². The number of nitrogens with one attached hydrogen (secondary N) is 1. The molecule has 1 saturated heterocycles. The fourth-order valence-corrected chi connectivity index (χ4v) is 2.65. The Hall–Kier alpha value is -1.79. The summed E-state index contributed by atoms with van der Waals surface area (Å²) in [4.78, 5) is 2.50. The van der Waals surface area contributed by atoms with Crippen LogP contribution >= 0.6 is 0 Å². The predicted octanol–water partition coefficient (Wildman–Crippen LogP) is 1.51. The minimum absolute atomic E-state index is 0.122. The molecule has 122 valence electrons. The van der Waals surface area contributed by atoms with E-state index in [0.29, 0.717) is 13.2 Å². The number of ether oxygens (including phenoxy) is 1. The van der Waals surface area contributed by atoms with Crippen LogP contribution in [0.15, 0.2) is 24.3 Å². The summed E-state index contributed by atoms with van der Waals surface area (Å²) in [5.41, 5.74) is 6.57. The first-order valence-electron chi connectivity index (χ1n) is 7.95. The zero-order chi connectivity index (χ0) is 15.8. The van der Waals surface area contributed by atoms with E-state index < -0.39 is 0 Å². The number of hydrogen-bond acceptors (Lipinski definition) is 4. The van der Waals surface area contributed by atoms with E-state index in [4.69, 9.17) is 21.7 Å². The molecule has 1 aromatic rings. The standard InChI is InChI=1S/C16H27N5O/c17-16(18)21(19)10-5-11-22-15-7-4-6-14(12-15)13-20-8-2-1-3-9-20/h4,6-7,12H,1-3,5,8-11,13,19H2,(H3,17,18). The van der Waals surface area contributed by atoms with Gasteiger partial charge in [0.2, 0.25) is 5.96 Å². The molecule has 0 saturated carbocycles.